The summed E-state index contributed by atoms with van der Waals surface area (Å²) < 4.78 is 20.4. The highest BCUT2D eigenvalue weighted by Gasteiger charge is 2.44. The SMILES string of the molecule is COc1cc(-c2ccc(-c3cc4c(nn3)C([C@@H]3C[C@H]5CC[C@H](N5)[C@@H]3F)=CCS4)c(O)c2)ccn1. The third kappa shape index (κ3) is 3.75. The summed E-state index contributed by atoms with van der Waals surface area (Å²) in [5.41, 5.74) is 4.74. The summed E-state index contributed by atoms with van der Waals surface area (Å²) in [6.45, 7) is 0. The highest BCUT2D eigenvalue weighted by Crippen LogP contribution is 2.45. The molecule has 4 atom stereocenters. The molecular weight excluding hydrogens is 451 g/mol. The second kappa shape index (κ2) is 8.67. The molecule has 8 heteroatoms. The Morgan fingerprint density at radius 1 is 1.12 bits per heavy atom. The van der Waals surface area contributed by atoms with Crippen molar-refractivity contribution in [2.45, 2.75) is 42.4 Å². The van der Waals surface area contributed by atoms with Gasteiger partial charge in [-0.25, -0.2) is 9.37 Å². The standard InChI is InChI=1S/C26H25FN4O2S/c1-33-24-11-15(6-8-28-24)14-2-4-18(22(32)10-14)21-13-23-26(31-30-21)17(7-9-34-23)19-12-16-3-5-20(29-16)25(19)27/h2,4,6-8,10-11,13,16,19-20,25,29,32H,3,5,9,12H2,1H3/t16-,19+,20+,25-/m1/s1. The summed E-state index contributed by atoms with van der Waals surface area (Å²) in [6, 6.07) is 11.5. The normalized spacial score (nSPS) is 25.5. The summed E-state index contributed by atoms with van der Waals surface area (Å²) in [6.07, 6.45) is 5.65. The van der Waals surface area contributed by atoms with Gasteiger partial charge in [0.15, 0.2) is 0 Å². The predicted octanol–water partition coefficient (Wildman–Crippen LogP) is 4.89. The Kier molecular flexibility index (Phi) is 5.50. The van der Waals surface area contributed by atoms with Crippen LogP contribution in [0.25, 0.3) is 28.0 Å². The van der Waals surface area contributed by atoms with E-state index in [-0.39, 0.29) is 17.7 Å². The number of nitrogens with one attached hydrogen (secondary N) is 1. The lowest BCUT2D eigenvalue weighted by molar-refractivity contribution is 0.167. The average Bonchev–Trinajstić information content (AvgIpc) is 3.29. The molecule has 1 aromatic carbocycles. The van der Waals surface area contributed by atoms with Crippen molar-refractivity contribution in [3.63, 3.8) is 0 Å². The Bertz CT molecular complexity index is 1280. The van der Waals surface area contributed by atoms with Crippen molar-refractivity contribution in [1.29, 1.82) is 0 Å². The molecule has 2 bridgehead atoms. The second-order valence-corrected chi connectivity index (χ2v) is 10.1. The van der Waals surface area contributed by atoms with Crippen LogP contribution in [-0.2, 0) is 0 Å². The number of pyridine rings is 1. The molecule has 34 heavy (non-hydrogen) atoms. The van der Waals surface area contributed by atoms with Gasteiger partial charge in [0.05, 0.1) is 12.8 Å². The lowest BCUT2D eigenvalue weighted by atomic mass is 9.82. The molecule has 3 aliphatic heterocycles. The molecule has 0 aliphatic carbocycles. The number of hydrogen-bond donors (Lipinski definition) is 2. The number of methoxy groups -OCH3 is 1. The van der Waals surface area contributed by atoms with Crippen LogP contribution >= 0.6 is 11.8 Å². The molecule has 6 nitrogen and oxygen atoms in total. The van der Waals surface area contributed by atoms with Crippen molar-refractivity contribution in [3.8, 4) is 34.0 Å². The number of nitrogens with zero attached hydrogens (tertiary/aromatic N) is 3. The number of piperidine rings is 1. The Morgan fingerprint density at radius 2 is 2.00 bits per heavy atom. The number of hydrogen-bond acceptors (Lipinski definition) is 7. The summed E-state index contributed by atoms with van der Waals surface area (Å²) in [4.78, 5) is 5.12. The van der Waals surface area contributed by atoms with Crippen molar-refractivity contribution >= 4 is 17.3 Å². The minimum absolute atomic E-state index is 0.0502. The van der Waals surface area contributed by atoms with E-state index in [2.05, 4.69) is 26.6 Å². The van der Waals surface area contributed by atoms with Gasteiger partial charge in [-0.05, 0) is 60.2 Å². The molecule has 2 aromatic heterocycles. The van der Waals surface area contributed by atoms with E-state index in [0.717, 1.165) is 52.3 Å². The zero-order valence-electron chi connectivity index (χ0n) is 18.7. The number of alkyl halides is 1. The minimum Gasteiger partial charge on any atom is -0.507 e. The Labute approximate surface area is 201 Å². The van der Waals surface area contributed by atoms with E-state index in [0.29, 0.717) is 23.2 Å². The van der Waals surface area contributed by atoms with Gasteiger partial charge in [0.25, 0.3) is 0 Å². The van der Waals surface area contributed by atoms with Crippen molar-refractivity contribution in [2.75, 3.05) is 12.9 Å². The van der Waals surface area contributed by atoms with Crippen molar-refractivity contribution in [3.05, 3.63) is 54.4 Å². The topological polar surface area (TPSA) is 80.2 Å². The number of phenolic OH excluding ortho intramolecular Hbond substituents is 1. The highest BCUT2D eigenvalue weighted by molar-refractivity contribution is 7.99. The highest BCUT2D eigenvalue weighted by atomic mass is 32.2. The van der Waals surface area contributed by atoms with Gasteiger partial charge < -0.3 is 15.2 Å². The summed E-state index contributed by atoms with van der Waals surface area (Å²) in [5.74, 6) is 1.29. The van der Waals surface area contributed by atoms with E-state index < -0.39 is 6.17 Å². The zero-order chi connectivity index (χ0) is 23.2. The van der Waals surface area contributed by atoms with Crippen LogP contribution in [0.4, 0.5) is 4.39 Å². The number of aromatic hydroxyl groups is 1. The fraction of sp³-hybridized carbons (Fsp3) is 0.346. The first-order valence-corrected chi connectivity index (χ1v) is 12.5. The average molecular weight is 477 g/mol. The molecule has 6 rings (SSSR count). The van der Waals surface area contributed by atoms with E-state index in [4.69, 9.17) is 4.74 Å². The lowest BCUT2D eigenvalue weighted by Crippen LogP contribution is -2.47. The van der Waals surface area contributed by atoms with E-state index in [9.17, 15) is 5.11 Å². The molecular formula is C26H25FN4O2S. The molecule has 3 aromatic rings. The quantitative estimate of drug-likeness (QED) is 0.555. The van der Waals surface area contributed by atoms with Crippen molar-refractivity contribution < 1.29 is 14.2 Å². The van der Waals surface area contributed by atoms with Gasteiger partial charge >= 0.3 is 0 Å². The number of aromatic nitrogens is 3. The molecule has 0 radical (unpaired) electrons. The maximum Gasteiger partial charge on any atom is 0.213 e. The van der Waals surface area contributed by atoms with Gasteiger partial charge in [-0.3, -0.25) is 0 Å². The number of phenols is 1. The second-order valence-electron chi connectivity index (χ2n) is 9.07. The van der Waals surface area contributed by atoms with E-state index in [1.54, 1.807) is 31.1 Å². The van der Waals surface area contributed by atoms with Gasteiger partial charge in [-0.1, -0.05) is 12.1 Å². The predicted molar refractivity (Wildman–Crippen MR) is 131 cm³/mol. The Morgan fingerprint density at radius 3 is 2.85 bits per heavy atom. The van der Waals surface area contributed by atoms with Crippen molar-refractivity contribution in [2.24, 2.45) is 5.92 Å². The van der Waals surface area contributed by atoms with Gasteiger partial charge in [-0.15, -0.1) is 22.0 Å². The molecule has 2 N–H and O–H groups in total. The number of ether oxygens (including phenoxy) is 1. The first-order chi connectivity index (χ1) is 16.6. The zero-order valence-corrected chi connectivity index (χ0v) is 19.6. The molecule has 5 heterocycles. The molecule has 174 valence electrons. The summed E-state index contributed by atoms with van der Waals surface area (Å²) in [5, 5.41) is 23.2. The van der Waals surface area contributed by atoms with Crippen LogP contribution in [0.15, 0.2) is 53.6 Å². The van der Waals surface area contributed by atoms with Crippen LogP contribution in [0.3, 0.4) is 0 Å². The number of thioether (sulfide) groups is 1. The van der Waals surface area contributed by atoms with Crippen LogP contribution in [-0.4, -0.2) is 51.4 Å². The molecule has 0 spiro atoms. The minimum atomic E-state index is -0.897. The van der Waals surface area contributed by atoms with Crippen molar-refractivity contribution in [1.82, 2.24) is 20.5 Å². The van der Waals surface area contributed by atoms with Crippen LogP contribution in [0.5, 0.6) is 11.6 Å². The van der Waals surface area contributed by atoms with Gasteiger partial charge in [-0.2, -0.15) is 0 Å². The number of fused-ring (bicyclic) bond motifs is 3. The maximum absolute atomic E-state index is 15.2. The van der Waals surface area contributed by atoms with Crippen LogP contribution in [0.2, 0.25) is 0 Å². The summed E-state index contributed by atoms with van der Waals surface area (Å²) >= 11 is 1.67. The number of allylic oxidation sites excluding steroid dienone is 1. The monoisotopic (exact) mass is 476 g/mol. The van der Waals surface area contributed by atoms with E-state index >= 15 is 4.39 Å². The first-order valence-electron chi connectivity index (χ1n) is 11.6. The lowest BCUT2D eigenvalue weighted by Gasteiger charge is -2.35. The molecule has 0 amide bonds. The van der Waals surface area contributed by atoms with E-state index in [1.807, 2.05) is 30.3 Å². The van der Waals surface area contributed by atoms with Gasteiger partial charge in [0.2, 0.25) is 5.88 Å². The fourth-order valence-corrected chi connectivity index (χ4v) is 6.32. The van der Waals surface area contributed by atoms with Crippen LogP contribution in [0.1, 0.15) is 25.0 Å². The van der Waals surface area contributed by atoms with Gasteiger partial charge in [0.1, 0.15) is 17.6 Å². The third-order valence-corrected chi connectivity index (χ3v) is 8.06. The molecule has 0 saturated carbocycles. The van der Waals surface area contributed by atoms with Crippen LogP contribution in [0, 0.1) is 5.92 Å². The first kappa shape index (κ1) is 21.6. The molecule has 3 aliphatic rings. The number of rotatable bonds is 4. The molecule has 2 saturated heterocycles. The maximum atomic E-state index is 15.2. The number of halogens is 1. The number of benzene rings is 1. The van der Waals surface area contributed by atoms with E-state index in [1.165, 1.54) is 0 Å². The summed E-state index contributed by atoms with van der Waals surface area (Å²) in [7, 11) is 1.57. The fourth-order valence-electron chi connectivity index (χ4n) is 5.39. The van der Waals surface area contributed by atoms with Crippen LogP contribution < -0.4 is 10.1 Å². The molecule has 2 fully saturated rings. The Balaban J connectivity index is 1.30. The third-order valence-electron chi connectivity index (χ3n) is 7.11. The Hall–Kier alpha value is -2.97. The largest absolute Gasteiger partial charge is 0.507 e. The smallest absolute Gasteiger partial charge is 0.213 e. The molecule has 0 unspecified atom stereocenters. The van der Waals surface area contributed by atoms with Gasteiger partial charge in [0, 0.05) is 46.5 Å².